The molecule has 0 aromatic heterocycles. The van der Waals surface area contributed by atoms with Crippen LogP contribution in [0.15, 0.2) is 43.0 Å². The molecular formula is C13H16O3. The van der Waals surface area contributed by atoms with E-state index in [-0.39, 0.29) is 5.97 Å². The number of ether oxygens (including phenoxy) is 2. The summed E-state index contributed by atoms with van der Waals surface area (Å²) in [5.41, 5.74) is 1.03. The molecule has 3 nitrogen and oxygen atoms in total. The van der Waals surface area contributed by atoms with Crippen LogP contribution < -0.4 is 0 Å². The Hall–Kier alpha value is -1.61. The molecule has 16 heavy (non-hydrogen) atoms. The van der Waals surface area contributed by atoms with Crippen molar-refractivity contribution in [1.29, 1.82) is 0 Å². The minimum atomic E-state index is -0.567. The predicted octanol–water partition coefficient (Wildman–Crippen LogP) is 2.32. The summed E-state index contributed by atoms with van der Waals surface area (Å²) < 4.78 is 10.1. The van der Waals surface area contributed by atoms with Crippen molar-refractivity contribution in [3.8, 4) is 0 Å². The fourth-order valence-electron chi connectivity index (χ4n) is 1.29. The van der Waals surface area contributed by atoms with Crippen LogP contribution >= 0.6 is 0 Å². The largest absolute Gasteiger partial charge is 0.467 e. The Morgan fingerprint density at radius 3 is 2.69 bits per heavy atom. The smallest absolute Gasteiger partial charge is 0.335 e. The van der Waals surface area contributed by atoms with Crippen LogP contribution in [-0.2, 0) is 20.9 Å². The molecule has 0 aliphatic carbocycles. The van der Waals surface area contributed by atoms with Crippen LogP contribution in [-0.4, -0.2) is 19.2 Å². The second kappa shape index (κ2) is 6.80. The second-order valence-corrected chi connectivity index (χ2v) is 3.33. The van der Waals surface area contributed by atoms with E-state index in [0.717, 1.165) is 5.56 Å². The number of methoxy groups -OCH3 is 1. The third-order valence-corrected chi connectivity index (χ3v) is 2.14. The SMILES string of the molecule is C=CCC(OCc1ccccc1)C(=O)OC. The lowest BCUT2D eigenvalue weighted by atomic mass is 10.2. The molecule has 1 unspecified atom stereocenters. The van der Waals surface area contributed by atoms with Gasteiger partial charge in [-0.15, -0.1) is 6.58 Å². The van der Waals surface area contributed by atoms with Gasteiger partial charge in [-0.3, -0.25) is 0 Å². The zero-order valence-electron chi connectivity index (χ0n) is 9.39. The third-order valence-electron chi connectivity index (χ3n) is 2.14. The van der Waals surface area contributed by atoms with Gasteiger partial charge in [0.05, 0.1) is 13.7 Å². The van der Waals surface area contributed by atoms with Crippen molar-refractivity contribution in [3.05, 3.63) is 48.6 Å². The van der Waals surface area contributed by atoms with Gasteiger partial charge in [-0.1, -0.05) is 36.4 Å². The lowest BCUT2D eigenvalue weighted by molar-refractivity contribution is -0.154. The van der Waals surface area contributed by atoms with Gasteiger partial charge in [0.25, 0.3) is 0 Å². The number of carbonyl (C=O) groups excluding carboxylic acids is 1. The van der Waals surface area contributed by atoms with Gasteiger partial charge in [-0.25, -0.2) is 4.79 Å². The average Bonchev–Trinajstić information content (AvgIpc) is 2.34. The van der Waals surface area contributed by atoms with Crippen LogP contribution in [0, 0.1) is 0 Å². The van der Waals surface area contributed by atoms with Gasteiger partial charge in [0.1, 0.15) is 0 Å². The molecule has 1 rings (SSSR count). The Balaban J connectivity index is 2.50. The first kappa shape index (κ1) is 12.5. The van der Waals surface area contributed by atoms with Crippen molar-refractivity contribution >= 4 is 5.97 Å². The molecule has 0 aliphatic rings. The molecule has 0 spiro atoms. The van der Waals surface area contributed by atoms with Gasteiger partial charge in [0, 0.05) is 6.42 Å². The molecule has 86 valence electrons. The van der Waals surface area contributed by atoms with E-state index in [1.807, 2.05) is 30.3 Å². The summed E-state index contributed by atoms with van der Waals surface area (Å²) in [4.78, 5) is 11.3. The van der Waals surface area contributed by atoms with E-state index in [1.165, 1.54) is 7.11 Å². The van der Waals surface area contributed by atoms with Crippen LogP contribution in [0.25, 0.3) is 0 Å². The maximum Gasteiger partial charge on any atom is 0.335 e. The van der Waals surface area contributed by atoms with E-state index in [0.29, 0.717) is 13.0 Å². The number of rotatable bonds is 6. The Morgan fingerprint density at radius 2 is 2.12 bits per heavy atom. The molecule has 0 N–H and O–H groups in total. The Kier molecular flexibility index (Phi) is 5.29. The average molecular weight is 220 g/mol. The minimum absolute atomic E-state index is 0.365. The number of hydrogen-bond donors (Lipinski definition) is 0. The summed E-state index contributed by atoms with van der Waals surface area (Å²) in [5.74, 6) is -0.365. The van der Waals surface area contributed by atoms with Crippen molar-refractivity contribution in [2.75, 3.05) is 7.11 Å². The zero-order valence-corrected chi connectivity index (χ0v) is 9.39. The first-order valence-corrected chi connectivity index (χ1v) is 5.12. The molecule has 1 aromatic rings. The summed E-state index contributed by atoms with van der Waals surface area (Å²) in [7, 11) is 1.35. The Morgan fingerprint density at radius 1 is 1.44 bits per heavy atom. The van der Waals surface area contributed by atoms with Gasteiger partial charge < -0.3 is 9.47 Å². The fraction of sp³-hybridized carbons (Fsp3) is 0.308. The molecule has 0 heterocycles. The van der Waals surface area contributed by atoms with Crippen LogP contribution in [0.1, 0.15) is 12.0 Å². The maximum absolute atomic E-state index is 11.3. The molecule has 0 radical (unpaired) electrons. The number of benzene rings is 1. The van der Waals surface area contributed by atoms with Gasteiger partial charge in [0.15, 0.2) is 6.10 Å². The maximum atomic E-state index is 11.3. The molecule has 3 heteroatoms. The van der Waals surface area contributed by atoms with Gasteiger partial charge in [0.2, 0.25) is 0 Å². The summed E-state index contributed by atoms with van der Waals surface area (Å²) in [6, 6.07) is 9.69. The highest BCUT2D eigenvalue weighted by Crippen LogP contribution is 2.07. The predicted molar refractivity (Wildman–Crippen MR) is 61.8 cm³/mol. The number of hydrogen-bond acceptors (Lipinski definition) is 3. The monoisotopic (exact) mass is 220 g/mol. The lowest BCUT2D eigenvalue weighted by Gasteiger charge is -2.13. The second-order valence-electron chi connectivity index (χ2n) is 3.33. The summed E-state index contributed by atoms with van der Waals surface area (Å²) >= 11 is 0. The molecule has 0 bridgehead atoms. The summed E-state index contributed by atoms with van der Waals surface area (Å²) in [5, 5.41) is 0. The van der Waals surface area contributed by atoms with E-state index < -0.39 is 6.10 Å². The molecular weight excluding hydrogens is 204 g/mol. The third kappa shape index (κ3) is 3.87. The van der Waals surface area contributed by atoms with Gasteiger partial charge >= 0.3 is 5.97 Å². The van der Waals surface area contributed by atoms with Gasteiger partial charge in [-0.2, -0.15) is 0 Å². The van der Waals surface area contributed by atoms with Crippen molar-refractivity contribution in [3.63, 3.8) is 0 Å². The fourth-order valence-corrected chi connectivity index (χ4v) is 1.29. The Bertz CT molecular complexity index is 332. The first-order chi connectivity index (χ1) is 7.77. The normalized spacial score (nSPS) is 11.8. The van der Waals surface area contributed by atoms with Gasteiger partial charge in [-0.05, 0) is 5.56 Å². The highest BCUT2D eigenvalue weighted by atomic mass is 16.6. The van der Waals surface area contributed by atoms with Crippen LogP contribution in [0.3, 0.4) is 0 Å². The Labute approximate surface area is 95.7 Å². The lowest BCUT2D eigenvalue weighted by Crippen LogP contribution is -2.24. The topological polar surface area (TPSA) is 35.5 Å². The highest BCUT2D eigenvalue weighted by Gasteiger charge is 2.17. The zero-order chi connectivity index (χ0) is 11.8. The highest BCUT2D eigenvalue weighted by molar-refractivity contribution is 5.74. The molecule has 1 aromatic carbocycles. The molecule has 1 atom stereocenters. The van der Waals surface area contributed by atoms with Crippen LogP contribution in [0.5, 0.6) is 0 Å². The van der Waals surface area contributed by atoms with E-state index in [4.69, 9.17) is 4.74 Å². The van der Waals surface area contributed by atoms with E-state index in [9.17, 15) is 4.79 Å². The number of esters is 1. The summed E-state index contributed by atoms with van der Waals surface area (Å²) in [6.07, 6.45) is 1.54. The molecule has 0 amide bonds. The molecule has 0 saturated carbocycles. The van der Waals surface area contributed by atoms with Crippen LogP contribution in [0.2, 0.25) is 0 Å². The molecule has 0 saturated heterocycles. The molecule has 0 fully saturated rings. The number of carbonyl (C=O) groups is 1. The van der Waals surface area contributed by atoms with E-state index in [2.05, 4.69) is 11.3 Å². The van der Waals surface area contributed by atoms with E-state index >= 15 is 0 Å². The molecule has 0 aliphatic heterocycles. The summed E-state index contributed by atoms with van der Waals surface area (Å²) in [6.45, 7) is 3.98. The van der Waals surface area contributed by atoms with Crippen molar-refractivity contribution in [1.82, 2.24) is 0 Å². The first-order valence-electron chi connectivity index (χ1n) is 5.12. The van der Waals surface area contributed by atoms with E-state index in [1.54, 1.807) is 6.08 Å². The van der Waals surface area contributed by atoms with Crippen LogP contribution in [0.4, 0.5) is 0 Å². The quantitative estimate of drug-likeness (QED) is 0.545. The minimum Gasteiger partial charge on any atom is -0.467 e. The van der Waals surface area contributed by atoms with Crippen molar-refractivity contribution < 1.29 is 14.3 Å². The van der Waals surface area contributed by atoms with Crippen molar-refractivity contribution in [2.24, 2.45) is 0 Å². The van der Waals surface area contributed by atoms with Crippen molar-refractivity contribution in [2.45, 2.75) is 19.1 Å². The standard InChI is InChI=1S/C13H16O3/c1-3-7-12(13(14)15-2)16-10-11-8-5-4-6-9-11/h3-6,8-9,12H,1,7,10H2,2H3.